The number of benzene rings is 3. The van der Waals surface area contributed by atoms with Gasteiger partial charge in [0, 0.05) is 22.3 Å². The third-order valence-electron chi connectivity index (χ3n) is 9.23. The number of hydrogen-bond donors (Lipinski definition) is 0. The van der Waals surface area contributed by atoms with Crippen molar-refractivity contribution in [3.63, 3.8) is 0 Å². The molecule has 0 aliphatic carbocycles. The van der Waals surface area contributed by atoms with Crippen LogP contribution in [-0.4, -0.2) is 189 Å². The highest BCUT2D eigenvalue weighted by atomic mass is 16.6. The van der Waals surface area contributed by atoms with Gasteiger partial charge in [-0.15, -0.1) is 0 Å². The highest BCUT2D eigenvalue weighted by Crippen LogP contribution is 2.19. The molecule has 0 unspecified atom stereocenters. The van der Waals surface area contributed by atoms with Crippen molar-refractivity contribution in [1.82, 2.24) is 0 Å². The first-order chi connectivity index (χ1) is 32.8. The van der Waals surface area contributed by atoms with E-state index in [0.29, 0.717) is 194 Å². The Balaban J connectivity index is 0.0000159. The van der Waals surface area contributed by atoms with Gasteiger partial charge in [0.1, 0.15) is 24.7 Å². The molecule has 3 aromatic rings. The second-order valence-electron chi connectivity index (χ2n) is 14.6. The van der Waals surface area contributed by atoms with Crippen LogP contribution in [0.5, 0.6) is 11.5 Å². The minimum absolute atomic E-state index is 0. The van der Waals surface area contributed by atoms with Crippen LogP contribution in [-0.2, 0) is 56.8 Å². The zero-order valence-electron chi connectivity index (χ0n) is 39.7. The summed E-state index contributed by atoms with van der Waals surface area (Å²) < 4.78 is 77.5. The number of hydrogen-bond acceptors (Lipinski definition) is 17. The Morgan fingerprint density at radius 3 is 0.779 bits per heavy atom. The van der Waals surface area contributed by atoms with Crippen molar-refractivity contribution in [2.75, 3.05) is 172 Å². The Labute approximate surface area is 403 Å². The standard InChI is InChI=1S/C50H72O17.CH4/c1-41-4-8-48(9-5-41)66-36-34-64-32-30-62-28-26-60-24-22-58-20-18-56-16-14-54-12-13-55-15-17-57-19-21-59-23-25-61-27-29-63-31-33-65-35-37-67-49-10-6-44(7-11-49)50(53)47-39-45(42(2)51)38-46(40-47)43(3)52;/h4-11,38-40H,12-37H2,1-3H3;1H4. The summed E-state index contributed by atoms with van der Waals surface area (Å²) in [6.45, 7) is 17.0. The lowest BCUT2D eigenvalue weighted by Crippen LogP contribution is -2.15. The Hall–Kier alpha value is -4.21. The summed E-state index contributed by atoms with van der Waals surface area (Å²) in [7, 11) is 0. The summed E-state index contributed by atoms with van der Waals surface area (Å²) in [5.74, 6) is 0.704. The van der Waals surface area contributed by atoms with Gasteiger partial charge in [0.15, 0.2) is 17.3 Å². The fourth-order valence-electron chi connectivity index (χ4n) is 5.63. The predicted molar refractivity (Wildman–Crippen MR) is 255 cm³/mol. The molecule has 3 rings (SSSR count). The van der Waals surface area contributed by atoms with E-state index in [4.69, 9.17) is 66.3 Å². The van der Waals surface area contributed by atoms with E-state index in [0.717, 1.165) is 5.75 Å². The fourth-order valence-corrected chi connectivity index (χ4v) is 5.63. The van der Waals surface area contributed by atoms with Gasteiger partial charge in [0.05, 0.1) is 159 Å². The van der Waals surface area contributed by atoms with Crippen LogP contribution in [0, 0.1) is 6.92 Å². The van der Waals surface area contributed by atoms with Gasteiger partial charge < -0.3 is 66.3 Å². The molecular formula is C51H76O17. The number of rotatable bonds is 45. The molecule has 382 valence electrons. The summed E-state index contributed by atoms with van der Waals surface area (Å²) in [6, 6.07) is 19.1. The molecule has 0 N–H and O–H groups in total. The molecule has 0 spiro atoms. The lowest BCUT2D eigenvalue weighted by Gasteiger charge is -2.10. The van der Waals surface area contributed by atoms with Crippen molar-refractivity contribution >= 4 is 17.3 Å². The molecular weight excluding hydrogens is 885 g/mol. The van der Waals surface area contributed by atoms with Crippen molar-refractivity contribution < 1.29 is 80.7 Å². The van der Waals surface area contributed by atoms with Crippen LogP contribution in [0.3, 0.4) is 0 Å². The van der Waals surface area contributed by atoms with Gasteiger partial charge in [-0.3, -0.25) is 14.4 Å². The minimum Gasteiger partial charge on any atom is -0.491 e. The van der Waals surface area contributed by atoms with Crippen LogP contribution in [0.4, 0.5) is 0 Å². The van der Waals surface area contributed by atoms with Crippen molar-refractivity contribution in [3.05, 3.63) is 94.5 Å². The molecule has 17 nitrogen and oxygen atoms in total. The van der Waals surface area contributed by atoms with Crippen molar-refractivity contribution in [1.29, 1.82) is 0 Å². The van der Waals surface area contributed by atoms with Crippen LogP contribution < -0.4 is 9.47 Å². The van der Waals surface area contributed by atoms with Crippen molar-refractivity contribution in [2.24, 2.45) is 0 Å². The van der Waals surface area contributed by atoms with Crippen molar-refractivity contribution in [3.8, 4) is 11.5 Å². The van der Waals surface area contributed by atoms with E-state index in [1.807, 2.05) is 31.2 Å². The first-order valence-corrected chi connectivity index (χ1v) is 22.9. The lowest BCUT2D eigenvalue weighted by atomic mass is 9.96. The molecule has 0 amide bonds. The van der Waals surface area contributed by atoms with E-state index in [9.17, 15) is 14.4 Å². The quantitative estimate of drug-likeness (QED) is 0.0480. The maximum absolute atomic E-state index is 13.0. The number of ketones is 3. The van der Waals surface area contributed by atoms with Gasteiger partial charge in [-0.05, 0) is 75.4 Å². The van der Waals surface area contributed by atoms with Gasteiger partial charge in [-0.2, -0.15) is 0 Å². The highest BCUT2D eigenvalue weighted by Gasteiger charge is 2.15. The molecule has 0 heterocycles. The maximum Gasteiger partial charge on any atom is 0.193 e. The van der Waals surface area contributed by atoms with E-state index in [2.05, 4.69) is 0 Å². The molecule has 17 heteroatoms. The molecule has 0 aliphatic heterocycles. The van der Waals surface area contributed by atoms with Crippen LogP contribution in [0.2, 0.25) is 0 Å². The molecule has 0 aromatic heterocycles. The zero-order chi connectivity index (χ0) is 47.8. The third-order valence-corrected chi connectivity index (χ3v) is 9.23. The number of carbonyl (C=O) groups is 3. The number of carbonyl (C=O) groups excluding carboxylic acids is 3. The highest BCUT2D eigenvalue weighted by molar-refractivity contribution is 6.12. The largest absolute Gasteiger partial charge is 0.491 e. The molecule has 68 heavy (non-hydrogen) atoms. The van der Waals surface area contributed by atoms with Crippen LogP contribution in [0.25, 0.3) is 0 Å². The van der Waals surface area contributed by atoms with E-state index in [1.54, 1.807) is 24.3 Å². The number of Topliss-reactive ketones (excluding diaryl/α,β-unsaturated/α-hetero) is 2. The van der Waals surface area contributed by atoms with Gasteiger partial charge in [-0.1, -0.05) is 25.1 Å². The monoisotopic (exact) mass is 961 g/mol. The minimum atomic E-state index is -0.288. The molecule has 0 radical (unpaired) electrons. The Bertz CT molecular complexity index is 1690. The van der Waals surface area contributed by atoms with Crippen LogP contribution >= 0.6 is 0 Å². The summed E-state index contributed by atoms with van der Waals surface area (Å²) >= 11 is 0. The summed E-state index contributed by atoms with van der Waals surface area (Å²) in [4.78, 5) is 36.8. The topological polar surface area (TPSA) is 180 Å². The zero-order valence-corrected chi connectivity index (χ0v) is 39.7. The molecule has 0 aliphatic rings. The fraction of sp³-hybridized carbons (Fsp3) is 0.588. The first-order valence-electron chi connectivity index (χ1n) is 22.9. The Morgan fingerprint density at radius 2 is 0.529 bits per heavy atom. The number of ether oxygens (including phenoxy) is 14. The first kappa shape index (κ1) is 59.9. The van der Waals surface area contributed by atoms with E-state index < -0.39 is 0 Å². The molecule has 0 bridgehead atoms. The van der Waals surface area contributed by atoms with E-state index in [1.165, 1.54) is 37.6 Å². The summed E-state index contributed by atoms with van der Waals surface area (Å²) in [5.41, 5.74) is 2.54. The summed E-state index contributed by atoms with van der Waals surface area (Å²) in [6.07, 6.45) is 0. The van der Waals surface area contributed by atoms with Crippen molar-refractivity contribution in [2.45, 2.75) is 28.2 Å². The molecule has 0 saturated heterocycles. The smallest absolute Gasteiger partial charge is 0.193 e. The Morgan fingerprint density at radius 1 is 0.309 bits per heavy atom. The summed E-state index contributed by atoms with van der Waals surface area (Å²) in [5, 5.41) is 0. The van der Waals surface area contributed by atoms with Gasteiger partial charge in [-0.25, -0.2) is 0 Å². The molecule has 3 aromatic carbocycles. The Kier molecular flexibility index (Phi) is 35.8. The molecule has 0 atom stereocenters. The van der Waals surface area contributed by atoms with Gasteiger partial charge in [0.2, 0.25) is 0 Å². The normalized spacial score (nSPS) is 11.1. The second-order valence-corrected chi connectivity index (χ2v) is 14.6. The predicted octanol–water partition coefficient (Wildman–Crippen LogP) is 5.92. The van der Waals surface area contributed by atoms with Crippen LogP contribution in [0.1, 0.15) is 63.5 Å². The second kappa shape index (κ2) is 40.7. The molecule has 0 saturated carbocycles. The average molecular weight is 961 g/mol. The lowest BCUT2D eigenvalue weighted by molar-refractivity contribution is -0.0287. The SMILES string of the molecule is C.CC(=O)c1cc(C(C)=O)cc(C(=O)c2ccc(OCCOCCOCCOCCOCCOCCOCCOCCOCCOCCOCCOCCOCCOc3ccc(C)cc3)cc2)c1. The van der Waals surface area contributed by atoms with Crippen LogP contribution in [0.15, 0.2) is 66.7 Å². The van der Waals surface area contributed by atoms with Gasteiger partial charge in [0.25, 0.3) is 0 Å². The number of aryl methyl sites for hydroxylation is 1. The maximum atomic E-state index is 13.0. The van der Waals surface area contributed by atoms with Gasteiger partial charge >= 0.3 is 0 Å². The third kappa shape index (κ3) is 30.3. The van der Waals surface area contributed by atoms with E-state index in [-0.39, 0.29) is 30.3 Å². The van der Waals surface area contributed by atoms with E-state index >= 15 is 0 Å². The average Bonchev–Trinajstić information content (AvgIpc) is 3.33. The molecule has 0 fully saturated rings.